The SMILES string of the molecule is NCCc1cc([N+](=O)[O-])ccc1SCc1ccccc1. The zero-order chi connectivity index (χ0) is 14.4. The van der Waals surface area contributed by atoms with Gasteiger partial charge < -0.3 is 5.73 Å². The maximum atomic E-state index is 10.8. The summed E-state index contributed by atoms with van der Waals surface area (Å²) in [6, 6.07) is 15.1. The molecule has 5 heteroatoms. The Kier molecular flexibility index (Phi) is 5.15. The first-order valence-electron chi connectivity index (χ1n) is 6.35. The molecule has 0 saturated carbocycles. The van der Waals surface area contributed by atoms with E-state index in [0.29, 0.717) is 13.0 Å². The number of rotatable bonds is 6. The summed E-state index contributed by atoms with van der Waals surface area (Å²) in [6.45, 7) is 0.486. The largest absolute Gasteiger partial charge is 0.330 e. The number of nitro groups is 1. The molecule has 0 unspecified atom stereocenters. The molecule has 0 aliphatic heterocycles. The lowest BCUT2D eigenvalue weighted by molar-refractivity contribution is -0.385. The van der Waals surface area contributed by atoms with Crippen LogP contribution in [0.15, 0.2) is 53.4 Å². The van der Waals surface area contributed by atoms with Gasteiger partial charge in [-0.2, -0.15) is 0 Å². The van der Waals surface area contributed by atoms with Gasteiger partial charge in [0.15, 0.2) is 0 Å². The Balaban J connectivity index is 2.16. The summed E-state index contributed by atoms with van der Waals surface area (Å²) >= 11 is 1.68. The molecule has 2 aromatic rings. The van der Waals surface area contributed by atoms with Gasteiger partial charge in [0.2, 0.25) is 0 Å². The maximum absolute atomic E-state index is 10.8. The molecule has 0 aliphatic rings. The summed E-state index contributed by atoms with van der Waals surface area (Å²) < 4.78 is 0. The molecule has 2 aromatic carbocycles. The van der Waals surface area contributed by atoms with Gasteiger partial charge >= 0.3 is 0 Å². The van der Waals surface area contributed by atoms with E-state index in [2.05, 4.69) is 12.1 Å². The Morgan fingerprint density at radius 1 is 1.15 bits per heavy atom. The Hall–Kier alpha value is -1.85. The Bertz CT molecular complexity index is 588. The number of hydrogen-bond donors (Lipinski definition) is 1. The zero-order valence-electron chi connectivity index (χ0n) is 11.0. The highest BCUT2D eigenvalue weighted by molar-refractivity contribution is 7.98. The summed E-state index contributed by atoms with van der Waals surface area (Å²) in [6.07, 6.45) is 0.652. The lowest BCUT2D eigenvalue weighted by Crippen LogP contribution is -2.04. The van der Waals surface area contributed by atoms with E-state index in [-0.39, 0.29) is 10.6 Å². The topological polar surface area (TPSA) is 69.2 Å². The standard InChI is InChI=1S/C15H16N2O2S/c16-9-8-13-10-14(17(18)19)6-7-15(13)20-11-12-4-2-1-3-5-12/h1-7,10H,8-9,11,16H2. The van der Waals surface area contributed by atoms with Gasteiger partial charge in [0.1, 0.15) is 0 Å². The minimum Gasteiger partial charge on any atom is -0.330 e. The number of nitro benzene ring substituents is 1. The lowest BCUT2D eigenvalue weighted by atomic mass is 10.1. The Morgan fingerprint density at radius 2 is 1.90 bits per heavy atom. The molecule has 0 fully saturated rings. The van der Waals surface area contributed by atoms with E-state index in [0.717, 1.165) is 16.2 Å². The molecule has 20 heavy (non-hydrogen) atoms. The zero-order valence-corrected chi connectivity index (χ0v) is 11.8. The van der Waals surface area contributed by atoms with Crippen molar-refractivity contribution in [3.63, 3.8) is 0 Å². The van der Waals surface area contributed by atoms with E-state index in [9.17, 15) is 10.1 Å². The second-order valence-electron chi connectivity index (χ2n) is 4.36. The predicted molar refractivity (Wildman–Crippen MR) is 81.9 cm³/mol. The van der Waals surface area contributed by atoms with Crippen molar-refractivity contribution in [2.75, 3.05) is 6.54 Å². The van der Waals surface area contributed by atoms with Crippen molar-refractivity contribution in [2.45, 2.75) is 17.1 Å². The third-order valence-electron chi connectivity index (χ3n) is 2.91. The number of non-ortho nitro benzene ring substituents is 1. The molecular formula is C15H16N2O2S. The van der Waals surface area contributed by atoms with Crippen LogP contribution in [0, 0.1) is 10.1 Å². The van der Waals surface area contributed by atoms with Crippen molar-refractivity contribution >= 4 is 17.4 Å². The lowest BCUT2D eigenvalue weighted by Gasteiger charge is -2.08. The summed E-state index contributed by atoms with van der Waals surface area (Å²) in [4.78, 5) is 11.5. The van der Waals surface area contributed by atoms with E-state index >= 15 is 0 Å². The molecule has 0 aliphatic carbocycles. The number of thioether (sulfide) groups is 1. The van der Waals surface area contributed by atoms with E-state index in [1.807, 2.05) is 24.3 Å². The Labute approximate surface area is 122 Å². The highest BCUT2D eigenvalue weighted by Crippen LogP contribution is 2.29. The van der Waals surface area contributed by atoms with E-state index in [4.69, 9.17) is 5.73 Å². The average molecular weight is 288 g/mol. The van der Waals surface area contributed by atoms with Crippen LogP contribution in [-0.2, 0) is 12.2 Å². The van der Waals surface area contributed by atoms with Crippen molar-refractivity contribution in [1.29, 1.82) is 0 Å². The molecule has 2 rings (SSSR count). The van der Waals surface area contributed by atoms with Crippen molar-refractivity contribution in [3.05, 3.63) is 69.8 Å². The van der Waals surface area contributed by atoms with Crippen LogP contribution in [0.25, 0.3) is 0 Å². The second kappa shape index (κ2) is 7.07. The van der Waals surface area contributed by atoms with Gasteiger partial charge in [-0.05, 0) is 30.2 Å². The number of nitrogens with zero attached hydrogens (tertiary/aromatic N) is 1. The van der Waals surface area contributed by atoms with Crippen LogP contribution in [0.2, 0.25) is 0 Å². The van der Waals surface area contributed by atoms with Crippen LogP contribution < -0.4 is 5.73 Å². The van der Waals surface area contributed by atoms with Gasteiger partial charge in [-0.25, -0.2) is 0 Å². The van der Waals surface area contributed by atoms with Gasteiger partial charge in [0.25, 0.3) is 5.69 Å². The molecule has 0 saturated heterocycles. The van der Waals surface area contributed by atoms with Gasteiger partial charge in [-0.1, -0.05) is 30.3 Å². The van der Waals surface area contributed by atoms with Crippen molar-refractivity contribution in [1.82, 2.24) is 0 Å². The summed E-state index contributed by atoms with van der Waals surface area (Å²) in [5.41, 5.74) is 7.88. The van der Waals surface area contributed by atoms with Crippen LogP contribution in [0.1, 0.15) is 11.1 Å². The quantitative estimate of drug-likeness (QED) is 0.502. The van der Waals surface area contributed by atoms with Gasteiger partial charge in [0.05, 0.1) is 4.92 Å². The number of hydrogen-bond acceptors (Lipinski definition) is 4. The van der Waals surface area contributed by atoms with Crippen LogP contribution in [0.4, 0.5) is 5.69 Å². The first kappa shape index (κ1) is 14.6. The van der Waals surface area contributed by atoms with Crippen molar-refractivity contribution < 1.29 is 4.92 Å². The smallest absolute Gasteiger partial charge is 0.269 e. The molecule has 0 radical (unpaired) electrons. The molecule has 0 atom stereocenters. The van der Waals surface area contributed by atoms with Crippen LogP contribution >= 0.6 is 11.8 Å². The summed E-state index contributed by atoms with van der Waals surface area (Å²) in [5.74, 6) is 0.843. The number of benzene rings is 2. The van der Waals surface area contributed by atoms with Crippen LogP contribution in [0.5, 0.6) is 0 Å². The molecule has 104 valence electrons. The van der Waals surface area contributed by atoms with Crippen LogP contribution in [-0.4, -0.2) is 11.5 Å². The molecule has 4 nitrogen and oxygen atoms in total. The Morgan fingerprint density at radius 3 is 2.55 bits per heavy atom. The third-order valence-corrected chi connectivity index (χ3v) is 4.09. The predicted octanol–water partition coefficient (Wildman–Crippen LogP) is 3.39. The van der Waals surface area contributed by atoms with Crippen molar-refractivity contribution in [3.8, 4) is 0 Å². The van der Waals surface area contributed by atoms with Crippen LogP contribution in [0.3, 0.4) is 0 Å². The van der Waals surface area contributed by atoms with E-state index < -0.39 is 0 Å². The van der Waals surface area contributed by atoms with E-state index in [1.54, 1.807) is 23.9 Å². The number of nitrogens with two attached hydrogens (primary N) is 1. The normalized spacial score (nSPS) is 10.4. The molecule has 0 amide bonds. The molecule has 0 heterocycles. The fraction of sp³-hybridized carbons (Fsp3) is 0.200. The van der Waals surface area contributed by atoms with Gasteiger partial charge in [0, 0.05) is 22.8 Å². The minimum absolute atomic E-state index is 0.123. The molecule has 0 bridgehead atoms. The highest BCUT2D eigenvalue weighted by atomic mass is 32.2. The summed E-state index contributed by atoms with van der Waals surface area (Å²) in [5, 5.41) is 10.8. The summed E-state index contributed by atoms with van der Waals surface area (Å²) in [7, 11) is 0. The molecule has 0 spiro atoms. The minimum atomic E-state index is -0.369. The van der Waals surface area contributed by atoms with Crippen molar-refractivity contribution in [2.24, 2.45) is 5.73 Å². The fourth-order valence-corrected chi connectivity index (χ4v) is 2.93. The highest BCUT2D eigenvalue weighted by Gasteiger charge is 2.10. The first-order chi connectivity index (χ1) is 9.70. The fourth-order valence-electron chi connectivity index (χ4n) is 1.91. The third kappa shape index (κ3) is 3.82. The molecular weight excluding hydrogens is 272 g/mol. The molecule has 2 N–H and O–H groups in total. The average Bonchev–Trinajstić information content (AvgIpc) is 2.47. The van der Waals surface area contributed by atoms with E-state index in [1.165, 1.54) is 5.56 Å². The molecule has 0 aromatic heterocycles. The monoisotopic (exact) mass is 288 g/mol. The van der Waals surface area contributed by atoms with Gasteiger partial charge in [-0.15, -0.1) is 11.8 Å². The second-order valence-corrected chi connectivity index (χ2v) is 5.38. The maximum Gasteiger partial charge on any atom is 0.269 e. The first-order valence-corrected chi connectivity index (χ1v) is 7.33. The van der Waals surface area contributed by atoms with Gasteiger partial charge in [-0.3, -0.25) is 10.1 Å².